The second kappa shape index (κ2) is 5.16. The van der Waals surface area contributed by atoms with E-state index in [4.69, 9.17) is 10.5 Å². The summed E-state index contributed by atoms with van der Waals surface area (Å²) in [7, 11) is 1.32. The molecule has 1 aromatic carbocycles. The van der Waals surface area contributed by atoms with Gasteiger partial charge in [-0.1, -0.05) is 12.8 Å². The fourth-order valence-corrected chi connectivity index (χ4v) is 3.12. The van der Waals surface area contributed by atoms with Crippen LogP contribution >= 0.6 is 0 Å². The molecule has 20 heavy (non-hydrogen) atoms. The van der Waals surface area contributed by atoms with E-state index < -0.39 is 22.9 Å². The first-order chi connectivity index (χ1) is 9.35. The van der Waals surface area contributed by atoms with Gasteiger partial charge in [-0.15, -0.1) is 0 Å². The molecule has 0 amide bonds. The van der Waals surface area contributed by atoms with Gasteiger partial charge in [0.15, 0.2) is 11.5 Å². The van der Waals surface area contributed by atoms with Crippen molar-refractivity contribution in [1.82, 2.24) is 0 Å². The third-order valence-electron chi connectivity index (χ3n) is 4.15. The summed E-state index contributed by atoms with van der Waals surface area (Å²) in [6.07, 6.45) is -1.80. The van der Waals surface area contributed by atoms with E-state index >= 15 is 0 Å². The molecule has 0 spiro atoms. The van der Waals surface area contributed by atoms with E-state index in [1.54, 1.807) is 0 Å². The van der Waals surface area contributed by atoms with Crippen LogP contribution in [0.3, 0.4) is 0 Å². The van der Waals surface area contributed by atoms with Gasteiger partial charge in [-0.2, -0.15) is 13.2 Å². The van der Waals surface area contributed by atoms with Crippen molar-refractivity contribution >= 4 is 0 Å². The Kier molecular flexibility index (Phi) is 3.86. The molecule has 0 unspecified atom stereocenters. The lowest BCUT2D eigenvalue weighted by Gasteiger charge is -2.32. The largest absolute Gasteiger partial charge is 0.504 e. The summed E-state index contributed by atoms with van der Waals surface area (Å²) in [5, 5.41) is 10.2. The minimum absolute atomic E-state index is 0.0488. The predicted molar refractivity (Wildman–Crippen MR) is 68.9 cm³/mol. The number of phenolic OH excluding ortho intramolecular Hbond substituents is 1. The zero-order valence-corrected chi connectivity index (χ0v) is 11.3. The summed E-state index contributed by atoms with van der Waals surface area (Å²) in [6, 6.07) is 2.10. The lowest BCUT2D eigenvalue weighted by atomic mass is 9.76. The molecule has 0 heterocycles. The number of aromatic hydroxyl groups is 1. The summed E-state index contributed by atoms with van der Waals surface area (Å²) < 4.78 is 44.6. The Bertz CT molecular complexity index is 494. The van der Waals surface area contributed by atoms with Crippen LogP contribution in [0.15, 0.2) is 12.1 Å². The van der Waals surface area contributed by atoms with Crippen LogP contribution in [0.4, 0.5) is 13.2 Å². The van der Waals surface area contributed by atoms with Crippen molar-refractivity contribution in [2.75, 3.05) is 13.7 Å². The average Bonchev–Trinajstić information content (AvgIpc) is 2.87. The molecule has 0 aliphatic heterocycles. The van der Waals surface area contributed by atoms with Gasteiger partial charge in [0.25, 0.3) is 0 Å². The number of halogens is 3. The summed E-state index contributed by atoms with van der Waals surface area (Å²) in [4.78, 5) is 0. The minimum atomic E-state index is -4.52. The topological polar surface area (TPSA) is 55.5 Å². The third-order valence-corrected chi connectivity index (χ3v) is 4.15. The van der Waals surface area contributed by atoms with Crippen molar-refractivity contribution in [2.45, 2.75) is 37.3 Å². The van der Waals surface area contributed by atoms with Gasteiger partial charge in [-0.05, 0) is 25.0 Å². The van der Waals surface area contributed by atoms with Crippen LogP contribution in [0.2, 0.25) is 0 Å². The molecular formula is C14H18F3NO2. The Morgan fingerprint density at radius 3 is 2.35 bits per heavy atom. The Balaban J connectivity index is 2.70. The van der Waals surface area contributed by atoms with Gasteiger partial charge in [0.2, 0.25) is 0 Å². The van der Waals surface area contributed by atoms with Crippen molar-refractivity contribution in [3.8, 4) is 11.5 Å². The first kappa shape index (κ1) is 15.0. The monoisotopic (exact) mass is 289 g/mol. The number of benzene rings is 1. The van der Waals surface area contributed by atoms with Crippen LogP contribution in [0.5, 0.6) is 11.5 Å². The third kappa shape index (κ3) is 2.32. The number of hydrogen-bond donors (Lipinski definition) is 2. The Morgan fingerprint density at radius 2 is 1.90 bits per heavy atom. The maximum atomic E-state index is 13.2. The van der Waals surface area contributed by atoms with E-state index in [-0.39, 0.29) is 17.9 Å². The molecule has 1 aliphatic carbocycles. The van der Waals surface area contributed by atoms with Gasteiger partial charge in [-0.3, -0.25) is 0 Å². The molecule has 3 N–H and O–H groups in total. The second-order valence-electron chi connectivity index (χ2n) is 5.23. The van der Waals surface area contributed by atoms with Crippen LogP contribution in [0.25, 0.3) is 0 Å². The number of hydrogen-bond acceptors (Lipinski definition) is 3. The zero-order valence-electron chi connectivity index (χ0n) is 11.3. The second-order valence-corrected chi connectivity index (χ2v) is 5.23. The minimum Gasteiger partial charge on any atom is -0.504 e. The number of methoxy groups -OCH3 is 1. The molecular weight excluding hydrogens is 271 g/mol. The van der Waals surface area contributed by atoms with Gasteiger partial charge in [0.05, 0.1) is 12.7 Å². The summed E-state index contributed by atoms with van der Waals surface area (Å²) >= 11 is 0. The standard InChI is InChI=1S/C14H18F3NO2/c1-20-10-5-4-9(14(15,16)17)11(12(10)19)13(8-18)6-2-3-7-13/h4-5,19H,2-3,6-8,18H2,1H3. The SMILES string of the molecule is COc1ccc(C(F)(F)F)c(C2(CN)CCCC2)c1O. The van der Waals surface area contributed by atoms with Crippen molar-refractivity contribution in [2.24, 2.45) is 5.73 Å². The lowest BCUT2D eigenvalue weighted by molar-refractivity contribution is -0.139. The average molecular weight is 289 g/mol. The van der Waals surface area contributed by atoms with E-state index in [2.05, 4.69) is 0 Å². The molecule has 0 aromatic heterocycles. The van der Waals surface area contributed by atoms with E-state index in [1.165, 1.54) is 7.11 Å². The number of ether oxygens (including phenoxy) is 1. The number of phenols is 1. The molecule has 3 nitrogen and oxygen atoms in total. The van der Waals surface area contributed by atoms with Gasteiger partial charge in [0.1, 0.15) is 0 Å². The van der Waals surface area contributed by atoms with E-state index in [9.17, 15) is 18.3 Å². The highest BCUT2D eigenvalue weighted by Gasteiger charge is 2.45. The van der Waals surface area contributed by atoms with Crippen molar-refractivity contribution in [1.29, 1.82) is 0 Å². The predicted octanol–water partition coefficient (Wildman–Crippen LogP) is 3.19. The van der Waals surface area contributed by atoms with Crippen LogP contribution in [-0.4, -0.2) is 18.8 Å². The number of alkyl halides is 3. The first-order valence-corrected chi connectivity index (χ1v) is 6.53. The fourth-order valence-electron chi connectivity index (χ4n) is 3.12. The summed E-state index contributed by atoms with van der Waals surface area (Å²) in [6.45, 7) is 0.0802. The van der Waals surface area contributed by atoms with Gasteiger partial charge in [-0.25, -0.2) is 0 Å². The van der Waals surface area contributed by atoms with Crippen LogP contribution < -0.4 is 10.5 Å². The van der Waals surface area contributed by atoms with Crippen molar-refractivity contribution in [3.63, 3.8) is 0 Å². The maximum absolute atomic E-state index is 13.2. The van der Waals surface area contributed by atoms with E-state index in [1.807, 2.05) is 0 Å². The van der Waals surface area contributed by atoms with Crippen molar-refractivity contribution in [3.05, 3.63) is 23.3 Å². The zero-order chi connectivity index (χ0) is 15.0. The molecule has 1 saturated carbocycles. The highest BCUT2D eigenvalue weighted by Crippen LogP contribution is 2.51. The molecule has 0 radical (unpaired) electrons. The highest BCUT2D eigenvalue weighted by molar-refractivity contribution is 5.55. The molecule has 2 rings (SSSR count). The Hall–Kier alpha value is -1.43. The van der Waals surface area contributed by atoms with Gasteiger partial charge < -0.3 is 15.6 Å². The molecule has 1 fully saturated rings. The summed E-state index contributed by atoms with van der Waals surface area (Å²) in [5.41, 5.74) is 4.01. The molecule has 1 aliphatic rings. The molecule has 0 saturated heterocycles. The normalized spacial score (nSPS) is 18.2. The van der Waals surface area contributed by atoms with E-state index in [0.717, 1.165) is 25.0 Å². The van der Waals surface area contributed by atoms with Gasteiger partial charge >= 0.3 is 6.18 Å². The molecule has 0 bridgehead atoms. The van der Waals surface area contributed by atoms with Crippen LogP contribution in [0, 0.1) is 0 Å². The number of nitrogens with two attached hydrogens (primary N) is 1. The van der Waals surface area contributed by atoms with Gasteiger partial charge in [0, 0.05) is 17.5 Å². The van der Waals surface area contributed by atoms with Crippen molar-refractivity contribution < 1.29 is 23.0 Å². The fraction of sp³-hybridized carbons (Fsp3) is 0.571. The van der Waals surface area contributed by atoms with Crippen LogP contribution in [-0.2, 0) is 11.6 Å². The van der Waals surface area contributed by atoms with E-state index in [0.29, 0.717) is 12.8 Å². The quantitative estimate of drug-likeness (QED) is 0.898. The molecule has 1 aromatic rings. The maximum Gasteiger partial charge on any atom is 0.416 e. The highest BCUT2D eigenvalue weighted by atomic mass is 19.4. The van der Waals surface area contributed by atoms with Crippen LogP contribution in [0.1, 0.15) is 36.8 Å². The molecule has 0 atom stereocenters. The lowest BCUT2D eigenvalue weighted by Crippen LogP contribution is -2.34. The number of rotatable bonds is 3. The Labute approximate surface area is 115 Å². The molecule has 6 heteroatoms. The smallest absolute Gasteiger partial charge is 0.416 e. The first-order valence-electron chi connectivity index (χ1n) is 6.53. The summed E-state index contributed by atoms with van der Waals surface area (Å²) in [5.74, 6) is -0.387. The Morgan fingerprint density at radius 1 is 1.30 bits per heavy atom. The molecule has 112 valence electrons.